The largest absolute Gasteiger partial charge is 0.380 e. The normalized spacial score (nSPS) is 25.5. The molecule has 2 unspecified atom stereocenters. The van der Waals surface area contributed by atoms with Crippen molar-refractivity contribution in [2.45, 2.75) is 32.2 Å². The quantitative estimate of drug-likeness (QED) is 0.803. The minimum Gasteiger partial charge on any atom is -0.380 e. The van der Waals surface area contributed by atoms with Crippen LogP contribution in [0.2, 0.25) is 5.02 Å². The summed E-state index contributed by atoms with van der Waals surface area (Å²) in [5.74, 6) is 0.517. The van der Waals surface area contributed by atoms with Gasteiger partial charge in [0.1, 0.15) is 5.82 Å². The van der Waals surface area contributed by atoms with E-state index in [1.807, 2.05) is 0 Å². The molecular formula is C12H15ClFN. The second-order valence-corrected chi connectivity index (χ2v) is 4.82. The zero-order valence-corrected chi connectivity index (χ0v) is 9.52. The molecule has 15 heavy (non-hydrogen) atoms. The standard InChI is InChI=1S/C12H15ClFN/c1-8-2-4-10(6-8)15-12-7-9(13)3-5-11(12)14/h3,5,7-8,10,15H,2,4,6H2,1H3. The van der Waals surface area contributed by atoms with Gasteiger partial charge in [-0.15, -0.1) is 0 Å². The van der Waals surface area contributed by atoms with E-state index >= 15 is 0 Å². The highest BCUT2D eigenvalue weighted by Gasteiger charge is 2.21. The summed E-state index contributed by atoms with van der Waals surface area (Å²) in [5.41, 5.74) is 0.529. The van der Waals surface area contributed by atoms with Gasteiger partial charge in [0.15, 0.2) is 0 Å². The maximum Gasteiger partial charge on any atom is 0.146 e. The lowest BCUT2D eigenvalue weighted by atomic mass is 10.1. The third-order valence-corrected chi connectivity index (χ3v) is 3.22. The van der Waals surface area contributed by atoms with Crippen LogP contribution in [0, 0.1) is 11.7 Å². The Morgan fingerprint density at radius 2 is 2.20 bits per heavy atom. The molecule has 0 aliphatic heterocycles. The number of nitrogens with one attached hydrogen (secondary N) is 1. The van der Waals surface area contributed by atoms with Crippen LogP contribution in [-0.4, -0.2) is 6.04 Å². The molecular weight excluding hydrogens is 213 g/mol. The van der Waals surface area contributed by atoms with E-state index in [2.05, 4.69) is 12.2 Å². The topological polar surface area (TPSA) is 12.0 Å². The van der Waals surface area contributed by atoms with Gasteiger partial charge in [-0.1, -0.05) is 18.5 Å². The van der Waals surface area contributed by atoms with Crippen molar-refractivity contribution in [3.8, 4) is 0 Å². The Morgan fingerprint density at radius 3 is 2.87 bits per heavy atom. The number of anilines is 1. The second kappa shape index (κ2) is 4.40. The summed E-state index contributed by atoms with van der Waals surface area (Å²) in [6.45, 7) is 2.23. The molecule has 1 aromatic carbocycles. The van der Waals surface area contributed by atoms with E-state index in [-0.39, 0.29) is 5.82 Å². The van der Waals surface area contributed by atoms with Crippen molar-refractivity contribution < 1.29 is 4.39 Å². The summed E-state index contributed by atoms with van der Waals surface area (Å²) >= 11 is 5.82. The summed E-state index contributed by atoms with van der Waals surface area (Å²) in [7, 11) is 0. The average Bonchev–Trinajstić information content (AvgIpc) is 2.58. The van der Waals surface area contributed by atoms with Crippen LogP contribution in [0.15, 0.2) is 18.2 Å². The van der Waals surface area contributed by atoms with Crippen molar-refractivity contribution in [2.75, 3.05) is 5.32 Å². The Hall–Kier alpha value is -0.760. The molecule has 0 radical (unpaired) electrons. The molecule has 0 spiro atoms. The Labute approximate surface area is 94.6 Å². The Kier molecular flexibility index (Phi) is 3.15. The van der Waals surface area contributed by atoms with Gasteiger partial charge in [-0.3, -0.25) is 0 Å². The van der Waals surface area contributed by atoms with E-state index in [4.69, 9.17) is 11.6 Å². The zero-order valence-electron chi connectivity index (χ0n) is 8.76. The molecule has 1 aliphatic rings. The molecule has 0 amide bonds. The van der Waals surface area contributed by atoms with Crippen molar-refractivity contribution in [3.63, 3.8) is 0 Å². The van der Waals surface area contributed by atoms with E-state index in [0.717, 1.165) is 18.8 Å². The van der Waals surface area contributed by atoms with Gasteiger partial charge in [-0.25, -0.2) is 4.39 Å². The molecule has 1 N–H and O–H groups in total. The van der Waals surface area contributed by atoms with Gasteiger partial charge in [0.25, 0.3) is 0 Å². The molecule has 1 fully saturated rings. The highest BCUT2D eigenvalue weighted by molar-refractivity contribution is 6.30. The first-order valence-electron chi connectivity index (χ1n) is 5.37. The molecule has 0 heterocycles. The molecule has 2 rings (SSSR count). The van der Waals surface area contributed by atoms with Crippen LogP contribution >= 0.6 is 11.6 Å². The molecule has 0 bridgehead atoms. The number of hydrogen-bond acceptors (Lipinski definition) is 1. The predicted octanol–water partition coefficient (Wildman–Crippen LogP) is 4.08. The highest BCUT2D eigenvalue weighted by Crippen LogP contribution is 2.29. The smallest absolute Gasteiger partial charge is 0.146 e. The third-order valence-electron chi connectivity index (χ3n) is 2.98. The molecule has 1 aromatic rings. The Bertz CT molecular complexity index is 353. The van der Waals surface area contributed by atoms with Crippen molar-refractivity contribution in [1.82, 2.24) is 0 Å². The van der Waals surface area contributed by atoms with Gasteiger partial charge in [0.2, 0.25) is 0 Å². The van der Waals surface area contributed by atoms with E-state index in [0.29, 0.717) is 16.8 Å². The fourth-order valence-electron chi connectivity index (χ4n) is 2.17. The monoisotopic (exact) mass is 227 g/mol. The van der Waals surface area contributed by atoms with Crippen LogP contribution in [0.4, 0.5) is 10.1 Å². The summed E-state index contributed by atoms with van der Waals surface area (Å²) in [6, 6.07) is 5.02. The third kappa shape index (κ3) is 2.63. The zero-order chi connectivity index (χ0) is 10.8. The molecule has 3 heteroatoms. The SMILES string of the molecule is CC1CCC(Nc2cc(Cl)ccc2F)C1. The molecule has 1 saturated carbocycles. The van der Waals surface area contributed by atoms with E-state index in [1.54, 1.807) is 12.1 Å². The number of halogens is 2. The number of hydrogen-bond donors (Lipinski definition) is 1. The van der Waals surface area contributed by atoms with Crippen molar-refractivity contribution in [1.29, 1.82) is 0 Å². The minimum absolute atomic E-state index is 0.223. The highest BCUT2D eigenvalue weighted by atomic mass is 35.5. The maximum atomic E-state index is 13.4. The lowest BCUT2D eigenvalue weighted by molar-refractivity contribution is 0.597. The van der Waals surface area contributed by atoms with Crippen LogP contribution in [-0.2, 0) is 0 Å². The van der Waals surface area contributed by atoms with E-state index in [9.17, 15) is 4.39 Å². The summed E-state index contributed by atoms with van der Waals surface area (Å²) < 4.78 is 13.4. The van der Waals surface area contributed by atoms with Gasteiger partial charge in [-0.2, -0.15) is 0 Å². The molecule has 1 aliphatic carbocycles. The molecule has 1 nitrogen and oxygen atoms in total. The van der Waals surface area contributed by atoms with Crippen LogP contribution in [0.1, 0.15) is 26.2 Å². The minimum atomic E-state index is -0.223. The molecule has 82 valence electrons. The molecule has 2 atom stereocenters. The maximum absolute atomic E-state index is 13.4. The van der Waals surface area contributed by atoms with Crippen molar-refractivity contribution >= 4 is 17.3 Å². The van der Waals surface area contributed by atoms with Crippen LogP contribution in [0.3, 0.4) is 0 Å². The van der Waals surface area contributed by atoms with Gasteiger partial charge >= 0.3 is 0 Å². The first-order valence-corrected chi connectivity index (χ1v) is 5.74. The van der Waals surface area contributed by atoms with Gasteiger partial charge < -0.3 is 5.32 Å². The van der Waals surface area contributed by atoms with Crippen LogP contribution in [0.25, 0.3) is 0 Å². The van der Waals surface area contributed by atoms with E-state index in [1.165, 1.54) is 12.5 Å². The molecule has 0 saturated heterocycles. The second-order valence-electron chi connectivity index (χ2n) is 4.38. The predicted molar refractivity (Wildman–Crippen MR) is 61.8 cm³/mol. The van der Waals surface area contributed by atoms with Gasteiger partial charge in [0, 0.05) is 11.1 Å². The van der Waals surface area contributed by atoms with Crippen molar-refractivity contribution in [3.05, 3.63) is 29.0 Å². The number of benzene rings is 1. The number of rotatable bonds is 2. The summed E-state index contributed by atoms with van der Waals surface area (Å²) in [4.78, 5) is 0. The lowest BCUT2D eigenvalue weighted by Crippen LogP contribution is -2.16. The first kappa shape index (κ1) is 10.7. The molecule has 0 aromatic heterocycles. The van der Waals surface area contributed by atoms with Gasteiger partial charge in [-0.05, 0) is 43.4 Å². The average molecular weight is 228 g/mol. The Morgan fingerprint density at radius 1 is 1.40 bits per heavy atom. The van der Waals surface area contributed by atoms with E-state index < -0.39 is 0 Å². The van der Waals surface area contributed by atoms with Crippen LogP contribution < -0.4 is 5.32 Å². The van der Waals surface area contributed by atoms with Crippen molar-refractivity contribution in [2.24, 2.45) is 5.92 Å². The lowest BCUT2D eigenvalue weighted by Gasteiger charge is -2.14. The fraction of sp³-hybridized carbons (Fsp3) is 0.500. The summed E-state index contributed by atoms with van der Waals surface area (Å²) in [5, 5.41) is 3.79. The van der Waals surface area contributed by atoms with Crippen LogP contribution in [0.5, 0.6) is 0 Å². The fourth-order valence-corrected chi connectivity index (χ4v) is 2.34. The first-order chi connectivity index (χ1) is 7.15. The summed E-state index contributed by atoms with van der Waals surface area (Å²) in [6.07, 6.45) is 3.46. The van der Waals surface area contributed by atoms with Gasteiger partial charge in [0.05, 0.1) is 5.69 Å². The Balaban J connectivity index is 2.07.